The van der Waals surface area contributed by atoms with E-state index in [1.807, 2.05) is 26.0 Å². The molecule has 2 aromatic rings. The van der Waals surface area contributed by atoms with E-state index in [0.717, 1.165) is 16.0 Å². The average molecular weight is 610 g/mol. The molecule has 3 amide bonds. The number of carbonyl (C=O) groups excluding carboxylic acids is 3. The van der Waals surface area contributed by atoms with Crippen LogP contribution in [0, 0.1) is 37.7 Å². The van der Waals surface area contributed by atoms with Crippen molar-refractivity contribution in [2.24, 2.45) is 5.92 Å². The van der Waals surface area contributed by atoms with E-state index < -0.39 is 23.6 Å². The van der Waals surface area contributed by atoms with Gasteiger partial charge in [-0.05, 0) is 74.2 Å². The van der Waals surface area contributed by atoms with Gasteiger partial charge in [0.15, 0.2) is 0 Å². The molecule has 0 N–H and O–H groups in total. The van der Waals surface area contributed by atoms with Crippen LogP contribution in [0.2, 0.25) is 10.0 Å². The summed E-state index contributed by atoms with van der Waals surface area (Å²) in [6.45, 7) is 18.7. The maximum absolute atomic E-state index is 13.5. The lowest BCUT2D eigenvalue weighted by Crippen LogP contribution is -2.42. The molecular formula is C34H26Cl2N4O3. The van der Waals surface area contributed by atoms with Gasteiger partial charge in [-0.25, -0.2) is 4.85 Å². The topological polar surface area (TPSA) is 85.8 Å². The van der Waals surface area contributed by atoms with E-state index in [9.17, 15) is 19.6 Å². The molecule has 1 atom stereocenters. The van der Waals surface area contributed by atoms with E-state index in [1.165, 1.54) is 11.0 Å². The first kappa shape index (κ1) is 31.0. The van der Waals surface area contributed by atoms with Crippen LogP contribution >= 0.6 is 23.2 Å². The second-order valence-corrected chi connectivity index (χ2v) is 10.9. The third kappa shape index (κ3) is 5.74. The summed E-state index contributed by atoms with van der Waals surface area (Å²) in [6, 6.07) is 12.3. The molecule has 0 aliphatic carbocycles. The van der Waals surface area contributed by atoms with Gasteiger partial charge in [0.25, 0.3) is 23.4 Å². The number of imide groups is 1. The van der Waals surface area contributed by atoms with Crippen molar-refractivity contribution in [3.63, 3.8) is 0 Å². The van der Waals surface area contributed by atoms with Gasteiger partial charge in [-0.3, -0.25) is 24.2 Å². The molecule has 214 valence electrons. The van der Waals surface area contributed by atoms with Gasteiger partial charge in [-0.15, -0.1) is 0 Å². The van der Waals surface area contributed by atoms with Gasteiger partial charge in [0.2, 0.25) is 0 Å². The van der Waals surface area contributed by atoms with Crippen molar-refractivity contribution < 1.29 is 14.4 Å². The average Bonchev–Trinajstić information content (AvgIpc) is 2.96. The normalized spacial score (nSPS) is 18.9. The van der Waals surface area contributed by atoms with Crippen LogP contribution in [0.25, 0.3) is 4.85 Å². The van der Waals surface area contributed by atoms with Gasteiger partial charge in [0.1, 0.15) is 11.6 Å². The summed E-state index contributed by atoms with van der Waals surface area (Å²) in [5, 5.41) is 10.3. The molecule has 4 rings (SSSR count). The van der Waals surface area contributed by atoms with Crippen LogP contribution in [-0.4, -0.2) is 17.7 Å². The first-order valence-electron chi connectivity index (χ1n) is 13.1. The maximum atomic E-state index is 13.5. The molecule has 2 aliphatic heterocycles. The second-order valence-electron chi connectivity index (χ2n) is 10.1. The number of carbonyl (C=O) groups is 3. The summed E-state index contributed by atoms with van der Waals surface area (Å²) in [7, 11) is 0. The molecule has 0 aromatic heterocycles. The summed E-state index contributed by atoms with van der Waals surface area (Å²) in [5.41, 5.74) is 3.59. The lowest BCUT2D eigenvalue weighted by molar-refractivity contribution is -0.123. The monoisotopic (exact) mass is 608 g/mol. The number of rotatable bonds is 5. The van der Waals surface area contributed by atoms with Gasteiger partial charge < -0.3 is 0 Å². The van der Waals surface area contributed by atoms with Crippen LogP contribution in [0.1, 0.15) is 25.0 Å². The first-order chi connectivity index (χ1) is 20.4. The van der Waals surface area contributed by atoms with E-state index in [1.54, 1.807) is 68.5 Å². The second kappa shape index (κ2) is 12.5. The zero-order chi connectivity index (χ0) is 31.6. The Labute approximate surface area is 260 Å². The molecule has 0 saturated heterocycles. The molecule has 43 heavy (non-hydrogen) atoms. The molecule has 9 heteroatoms. The fraction of sp³-hybridized carbons (Fsp3) is 0.147. The Hall–Kier alpha value is -4.95. The van der Waals surface area contributed by atoms with Gasteiger partial charge >= 0.3 is 0 Å². The molecule has 7 nitrogen and oxygen atoms in total. The number of hydrogen-bond donors (Lipinski definition) is 0. The highest BCUT2D eigenvalue weighted by molar-refractivity contribution is 6.38. The molecule has 0 fully saturated rings. The minimum atomic E-state index is -0.731. The summed E-state index contributed by atoms with van der Waals surface area (Å²) in [5.74, 6) is -2.31. The van der Waals surface area contributed by atoms with Crippen molar-refractivity contribution in [1.82, 2.24) is 0 Å². The number of anilines is 2. The summed E-state index contributed by atoms with van der Waals surface area (Å²) >= 11 is 12.8. The van der Waals surface area contributed by atoms with Crippen LogP contribution in [0.15, 0.2) is 107 Å². The molecule has 2 aliphatic rings. The third-order valence-electron chi connectivity index (χ3n) is 7.22. The number of nitrogens with zero attached hydrogens (tertiary/aromatic N) is 4. The molecule has 2 aromatic carbocycles. The SMILES string of the molecule is [C-]#[N+]C1=C(C)/C(=C/C=C\C=C\C2C(=C)N(c3cc(C)ccc3Cl)C(=O)C(C#N)=C2C)C(=O)N(c2cc(C)ccc2Cl)C1=O. The van der Waals surface area contributed by atoms with E-state index >= 15 is 0 Å². The molecule has 1 unspecified atom stereocenters. The van der Waals surface area contributed by atoms with Crippen molar-refractivity contribution in [2.75, 3.05) is 9.80 Å². The van der Waals surface area contributed by atoms with Crippen molar-refractivity contribution in [3.8, 4) is 6.07 Å². The number of amides is 3. The number of aryl methyl sites for hydroxylation is 2. The zero-order valence-corrected chi connectivity index (χ0v) is 25.4. The quantitative estimate of drug-likeness (QED) is 0.150. The van der Waals surface area contributed by atoms with Crippen LogP contribution < -0.4 is 9.80 Å². The fourth-order valence-corrected chi connectivity index (χ4v) is 5.31. The molecule has 0 bridgehead atoms. The van der Waals surface area contributed by atoms with Crippen LogP contribution in [-0.2, 0) is 14.4 Å². The Morgan fingerprint density at radius 3 is 2.02 bits per heavy atom. The molecule has 0 radical (unpaired) electrons. The number of benzene rings is 2. The van der Waals surface area contributed by atoms with Crippen molar-refractivity contribution >= 4 is 52.3 Å². The van der Waals surface area contributed by atoms with Crippen LogP contribution in [0.5, 0.6) is 0 Å². The molecule has 0 saturated carbocycles. The summed E-state index contributed by atoms with van der Waals surface area (Å²) < 4.78 is 0. The largest absolute Gasteiger partial charge is 0.283 e. The van der Waals surface area contributed by atoms with Crippen LogP contribution in [0.3, 0.4) is 0 Å². The molecule has 2 heterocycles. The smallest absolute Gasteiger partial charge is 0.273 e. The van der Waals surface area contributed by atoms with Crippen LogP contribution in [0.4, 0.5) is 11.4 Å². The lowest BCUT2D eigenvalue weighted by atomic mass is 9.87. The molecular weight excluding hydrogens is 583 g/mol. The predicted octanol–water partition coefficient (Wildman–Crippen LogP) is 7.73. The zero-order valence-electron chi connectivity index (χ0n) is 23.9. The maximum Gasteiger partial charge on any atom is 0.273 e. The Morgan fingerprint density at radius 2 is 1.47 bits per heavy atom. The number of hydrogen-bond acceptors (Lipinski definition) is 4. The Bertz CT molecular complexity index is 1850. The standard InChI is InChI=1S/C34H26Cl2N4O3/c1-19-12-14-27(35)29(16-19)39-23(5)24(21(3)26(18-37)33(39)42)10-8-7-9-11-25-22(4)31(38-6)34(43)40(32(25)41)30-17-20(2)13-15-28(30)36/h7-17,24H,5H2,1-4H3/b9-7-,10-8+,25-11-. The van der Waals surface area contributed by atoms with Gasteiger partial charge in [0.05, 0.1) is 28.0 Å². The first-order valence-corrected chi connectivity index (χ1v) is 13.9. The third-order valence-corrected chi connectivity index (χ3v) is 7.86. The predicted molar refractivity (Wildman–Crippen MR) is 169 cm³/mol. The van der Waals surface area contributed by atoms with Crippen molar-refractivity contribution in [2.45, 2.75) is 27.7 Å². The fourth-order valence-electron chi connectivity index (χ4n) is 4.90. The minimum absolute atomic E-state index is 0.00512. The summed E-state index contributed by atoms with van der Waals surface area (Å²) in [6.07, 6.45) is 8.29. The Morgan fingerprint density at radius 1 is 0.884 bits per heavy atom. The highest BCUT2D eigenvalue weighted by Crippen LogP contribution is 2.39. The number of nitriles is 1. The number of halogens is 2. The van der Waals surface area contributed by atoms with E-state index in [0.29, 0.717) is 22.0 Å². The van der Waals surface area contributed by atoms with Gasteiger partial charge in [0, 0.05) is 17.2 Å². The van der Waals surface area contributed by atoms with E-state index in [-0.39, 0.29) is 33.1 Å². The number of allylic oxidation sites excluding steroid dienone is 5. The van der Waals surface area contributed by atoms with Crippen molar-refractivity contribution in [3.05, 3.63) is 140 Å². The van der Waals surface area contributed by atoms with Gasteiger partial charge in [-0.1, -0.05) is 72.3 Å². The highest BCUT2D eigenvalue weighted by atomic mass is 35.5. The minimum Gasteiger partial charge on any atom is -0.283 e. The van der Waals surface area contributed by atoms with Gasteiger partial charge in [-0.2, -0.15) is 5.26 Å². The Balaban J connectivity index is 1.67. The lowest BCUT2D eigenvalue weighted by Gasteiger charge is -2.34. The highest BCUT2D eigenvalue weighted by Gasteiger charge is 2.38. The van der Waals surface area contributed by atoms with E-state index in [2.05, 4.69) is 11.4 Å². The summed E-state index contributed by atoms with van der Waals surface area (Å²) in [4.78, 5) is 45.5. The van der Waals surface area contributed by atoms with Crippen molar-refractivity contribution in [1.29, 1.82) is 5.26 Å². The van der Waals surface area contributed by atoms with E-state index in [4.69, 9.17) is 29.8 Å². The molecule has 0 spiro atoms. The Kier molecular flexibility index (Phi) is 9.01.